The molecule has 2 N–H and O–H groups in total. The molecule has 1 aromatic carbocycles. The topological polar surface area (TPSA) is 68.5 Å². The Morgan fingerprint density at radius 2 is 2.35 bits per heavy atom. The molecule has 104 valence electrons. The van der Waals surface area contributed by atoms with Crippen LogP contribution in [0, 0.1) is 0 Å². The summed E-state index contributed by atoms with van der Waals surface area (Å²) in [5.41, 5.74) is 9.26. The van der Waals surface area contributed by atoms with Gasteiger partial charge in [-0.1, -0.05) is 6.07 Å². The highest BCUT2D eigenvalue weighted by atomic mass is 32.1. The summed E-state index contributed by atoms with van der Waals surface area (Å²) in [6.45, 7) is 3.59. The number of rotatable bonds is 3. The monoisotopic (exact) mass is 289 g/mol. The number of nitrogens with two attached hydrogens (primary N) is 1. The molecule has 0 saturated carbocycles. The Morgan fingerprint density at radius 3 is 3.05 bits per heavy atom. The zero-order chi connectivity index (χ0) is 14.1. The van der Waals surface area contributed by atoms with E-state index in [2.05, 4.69) is 9.88 Å². The fourth-order valence-corrected chi connectivity index (χ4v) is 3.03. The number of thiazole rings is 1. The second-order valence-electron chi connectivity index (χ2n) is 4.56. The molecule has 2 heterocycles. The van der Waals surface area contributed by atoms with Crippen molar-refractivity contribution in [3.8, 4) is 0 Å². The molecule has 20 heavy (non-hydrogen) atoms. The van der Waals surface area contributed by atoms with Crippen molar-refractivity contribution in [2.45, 2.75) is 20.0 Å². The lowest BCUT2D eigenvalue weighted by atomic mass is 10.0. The molecule has 0 atom stereocenters. The maximum absolute atomic E-state index is 11.8. The van der Waals surface area contributed by atoms with Gasteiger partial charge in [0.2, 0.25) is 0 Å². The number of hydrogen-bond donors (Lipinski definition) is 1. The summed E-state index contributed by atoms with van der Waals surface area (Å²) in [6, 6.07) is 3.70. The largest absolute Gasteiger partial charge is 0.462 e. The van der Waals surface area contributed by atoms with Gasteiger partial charge in [-0.05, 0) is 18.6 Å². The number of aromatic nitrogens is 1. The molecule has 6 heteroatoms. The molecule has 0 spiro atoms. The van der Waals surface area contributed by atoms with E-state index in [0.717, 1.165) is 22.8 Å². The standard InChI is InChI=1S/C14H15N3O2S/c1-2-19-13(18)10-4-3-9-7-17(8-11(9)12(10)15)14-16-5-6-20-14/h3-6H,2,7-8,15H2,1H3. The minimum absolute atomic E-state index is 0.348. The van der Waals surface area contributed by atoms with Crippen molar-refractivity contribution in [3.63, 3.8) is 0 Å². The maximum Gasteiger partial charge on any atom is 0.340 e. The molecule has 0 radical (unpaired) electrons. The van der Waals surface area contributed by atoms with E-state index in [1.54, 1.807) is 30.5 Å². The normalized spacial score (nSPS) is 13.3. The lowest BCUT2D eigenvalue weighted by Gasteiger charge is -2.13. The third-order valence-corrected chi connectivity index (χ3v) is 4.18. The van der Waals surface area contributed by atoms with Crippen molar-refractivity contribution in [1.82, 2.24) is 4.98 Å². The van der Waals surface area contributed by atoms with Gasteiger partial charge < -0.3 is 15.4 Å². The van der Waals surface area contributed by atoms with Crippen molar-refractivity contribution < 1.29 is 9.53 Å². The molecular formula is C14H15N3O2S. The number of anilines is 2. The van der Waals surface area contributed by atoms with Gasteiger partial charge in [-0.25, -0.2) is 9.78 Å². The van der Waals surface area contributed by atoms with Gasteiger partial charge in [0.15, 0.2) is 5.13 Å². The first-order chi connectivity index (χ1) is 9.70. The van der Waals surface area contributed by atoms with Gasteiger partial charge in [0.25, 0.3) is 0 Å². The lowest BCUT2D eigenvalue weighted by Crippen LogP contribution is -2.14. The molecule has 1 aliphatic heterocycles. The average Bonchev–Trinajstić information content (AvgIpc) is 3.08. The highest BCUT2D eigenvalue weighted by molar-refractivity contribution is 7.13. The quantitative estimate of drug-likeness (QED) is 0.694. The van der Waals surface area contributed by atoms with Crippen molar-refractivity contribution >= 4 is 28.1 Å². The molecule has 1 aromatic heterocycles. The Kier molecular flexibility index (Phi) is 3.31. The first kappa shape index (κ1) is 12.9. The third kappa shape index (κ3) is 2.12. The van der Waals surface area contributed by atoms with Crippen molar-refractivity contribution in [3.05, 3.63) is 40.4 Å². The lowest BCUT2D eigenvalue weighted by molar-refractivity contribution is 0.0527. The van der Waals surface area contributed by atoms with E-state index in [1.165, 1.54) is 0 Å². The van der Waals surface area contributed by atoms with Crippen LogP contribution in [0.4, 0.5) is 10.8 Å². The summed E-state index contributed by atoms with van der Waals surface area (Å²) >= 11 is 1.60. The SMILES string of the molecule is CCOC(=O)c1ccc2c(c1N)CN(c1nccs1)C2. The molecule has 2 aromatic rings. The van der Waals surface area contributed by atoms with E-state index >= 15 is 0 Å². The number of carbonyl (C=O) groups is 1. The molecule has 0 saturated heterocycles. The number of benzene rings is 1. The summed E-state index contributed by atoms with van der Waals surface area (Å²) in [4.78, 5) is 18.3. The summed E-state index contributed by atoms with van der Waals surface area (Å²) in [5, 5.41) is 2.92. The molecule has 0 unspecified atom stereocenters. The van der Waals surface area contributed by atoms with Crippen LogP contribution in [0.25, 0.3) is 0 Å². The molecule has 1 aliphatic rings. The van der Waals surface area contributed by atoms with Gasteiger partial charge in [0.1, 0.15) is 0 Å². The smallest absolute Gasteiger partial charge is 0.340 e. The van der Waals surface area contributed by atoms with Crippen LogP contribution in [-0.2, 0) is 17.8 Å². The van der Waals surface area contributed by atoms with E-state index < -0.39 is 0 Å². The molecule has 0 bridgehead atoms. The minimum atomic E-state index is -0.361. The summed E-state index contributed by atoms with van der Waals surface area (Å²) in [5.74, 6) is -0.361. The predicted octanol–water partition coefficient (Wildman–Crippen LogP) is 2.42. The number of carbonyl (C=O) groups excluding carboxylic acids is 1. The highest BCUT2D eigenvalue weighted by Gasteiger charge is 2.25. The Balaban J connectivity index is 1.91. The number of nitrogen functional groups attached to an aromatic ring is 1. The zero-order valence-corrected chi connectivity index (χ0v) is 11.9. The molecule has 5 nitrogen and oxygen atoms in total. The third-order valence-electron chi connectivity index (χ3n) is 3.35. The van der Waals surface area contributed by atoms with Crippen molar-refractivity contribution in [2.75, 3.05) is 17.2 Å². The maximum atomic E-state index is 11.8. The summed E-state index contributed by atoms with van der Waals surface area (Å²) in [7, 11) is 0. The van der Waals surface area contributed by atoms with E-state index in [0.29, 0.717) is 24.4 Å². The number of nitrogens with zero attached hydrogens (tertiary/aromatic N) is 2. The van der Waals surface area contributed by atoms with Gasteiger partial charge in [0, 0.05) is 30.2 Å². The van der Waals surface area contributed by atoms with Gasteiger partial charge in [-0.3, -0.25) is 0 Å². The van der Waals surface area contributed by atoms with Gasteiger partial charge in [-0.15, -0.1) is 11.3 Å². The summed E-state index contributed by atoms with van der Waals surface area (Å²) < 4.78 is 5.02. The average molecular weight is 289 g/mol. The first-order valence-electron chi connectivity index (χ1n) is 6.42. The van der Waals surface area contributed by atoms with E-state index in [-0.39, 0.29) is 5.97 Å². The van der Waals surface area contributed by atoms with Gasteiger partial charge in [-0.2, -0.15) is 0 Å². The van der Waals surface area contributed by atoms with Crippen LogP contribution in [0.1, 0.15) is 28.4 Å². The number of hydrogen-bond acceptors (Lipinski definition) is 6. The summed E-state index contributed by atoms with van der Waals surface area (Å²) in [6.07, 6.45) is 1.79. The van der Waals surface area contributed by atoms with Gasteiger partial charge >= 0.3 is 5.97 Å². The Bertz CT molecular complexity index is 640. The predicted molar refractivity (Wildman–Crippen MR) is 78.8 cm³/mol. The first-order valence-corrected chi connectivity index (χ1v) is 7.30. The van der Waals surface area contributed by atoms with Crippen LogP contribution < -0.4 is 10.6 Å². The van der Waals surface area contributed by atoms with Gasteiger partial charge in [0.05, 0.1) is 17.9 Å². The minimum Gasteiger partial charge on any atom is -0.462 e. The Hall–Kier alpha value is -2.08. The van der Waals surface area contributed by atoms with Crippen molar-refractivity contribution in [1.29, 1.82) is 0 Å². The second kappa shape index (κ2) is 5.13. The fourth-order valence-electron chi connectivity index (χ4n) is 2.39. The van der Waals surface area contributed by atoms with Crippen LogP contribution in [0.2, 0.25) is 0 Å². The van der Waals surface area contributed by atoms with Crippen LogP contribution in [-0.4, -0.2) is 17.6 Å². The highest BCUT2D eigenvalue weighted by Crippen LogP contribution is 2.34. The van der Waals surface area contributed by atoms with Crippen LogP contribution in [0.15, 0.2) is 23.7 Å². The Morgan fingerprint density at radius 1 is 1.50 bits per heavy atom. The molecule has 0 fully saturated rings. The number of fused-ring (bicyclic) bond motifs is 1. The van der Waals surface area contributed by atoms with Crippen LogP contribution in [0.3, 0.4) is 0 Å². The van der Waals surface area contributed by atoms with E-state index in [1.807, 2.05) is 11.4 Å². The van der Waals surface area contributed by atoms with Crippen LogP contribution >= 0.6 is 11.3 Å². The molecular weight excluding hydrogens is 274 g/mol. The van der Waals surface area contributed by atoms with E-state index in [4.69, 9.17) is 10.5 Å². The fraction of sp³-hybridized carbons (Fsp3) is 0.286. The van der Waals surface area contributed by atoms with Crippen molar-refractivity contribution in [2.24, 2.45) is 0 Å². The molecule has 3 rings (SSSR count). The second-order valence-corrected chi connectivity index (χ2v) is 5.43. The Labute approximate surface area is 121 Å². The number of esters is 1. The number of ether oxygens (including phenoxy) is 1. The van der Waals surface area contributed by atoms with Crippen LogP contribution in [0.5, 0.6) is 0 Å². The van der Waals surface area contributed by atoms with E-state index in [9.17, 15) is 4.79 Å². The molecule has 0 aliphatic carbocycles. The molecule has 0 amide bonds. The zero-order valence-electron chi connectivity index (χ0n) is 11.1.